The summed E-state index contributed by atoms with van der Waals surface area (Å²) in [5.74, 6) is 0.272. The van der Waals surface area contributed by atoms with Crippen LogP contribution in [-0.2, 0) is 9.22 Å². The van der Waals surface area contributed by atoms with E-state index in [9.17, 15) is 4.79 Å². The Morgan fingerprint density at radius 2 is 2.08 bits per heavy atom. The molecule has 1 N–H and O–H groups in total. The number of thiocarbonyl (C=S) groups is 1. The number of carbonyl (C=O) groups excluding carboxylic acids is 1. The predicted octanol–water partition coefficient (Wildman–Crippen LogP) is 3.48. The normalized spacial score (nSPS) is 22.9. The van der Waals surface area contributed by atoms with Gasteiger partial charge >= 0.3 is 0 Å². The van der Waals surface area contributed by atoms with Crippen LogP contribution in [0.4, 0.5) is 0 Å². The first kappa shape index (κ1) is 20.2. The summed E-state index contributed by atoms with van der Waals surface area (Å²) in [6, 6.07) is 5.79. The maximum absolute atomic E-state index is 12.4. The molecule has 2 rings (SSSR count). The molecule has 1 amide bonds. The maximum atomic E-state index is 12.4. The smallest absolute Gasteiger partial charge is 0.225 e. The van der Waals surface area contributed by atoms with E-state index in [0.29, 0.717) is 6.61 Å². The molecule has 4 atom stereocenters. The highest BCUT2D eigenvalue weighted by Gasteiger charge is 2.51. The van der Waals surface area contributed by atoms with Gasteiger partial charge in [0.1, 0.15) is 0 Å². The molecule has 137 valence electrons. The first-order valence-corrected chi connectivity index (χ1v) is 11.6. The van der Waals surface area contributed by atoms with Gasteiger partial charge in [-0.25, -0.2) is 0 Å². The molecule has 6 heteroatoms. The molecule has 1 saturated heterocycles. The average molecular weight is 378 g/mol. The van der Waals surface area contributed by atoms with Crippen LogP contribution in [0.3, 0.4) is 0 Å². The molecule has 1 aromatic heterocycles. The number of amides is 1. The van der Waals surface area contributed by atoms with Gasteiger partial charge < -0.3 is 9.74 Å². The number of aromatic nitrogens is 1. The lowest BCUT2D eigenvalue weighted by Gasteiger charge is -2.48. The fourth-order valence-electron chi connectivity index (χ4n) is 3.34. The van der Waals surface area contributed by atoms with Crippen LogP contribution >= 0.6 is 12.2 Å². The van der Waals surface area contributed by atoms with E-state index >= 15 is 0 Å². The van der Waals surface area contributed by atoms with Crippen LogP contribution < -0.4 is 5.32 Å². The van der Waals surface area contributed by atoms with Crippen molar-refractivity contribution in [2.24, 2.45) is 23.2 Å². The molecular weight excluding hydrogens is 348 g/mol. The van der Waals surface area contributed by atoms with E-state index in [1.165, 1.54) is 0 Å². The molecular formula is C19H29N2O2SSi. The zero-order chi connectivity index (χ0) is 18.8. The third-order valence-corrected chi connectivity index (χ3v) is 6.29. The van der Waals surface area contributed by atoms with Crippen molar-refractivity contribution in [3.05, 3.63) is 30.1 Å². The van der Waals surface area contributed by atoms with Gasteiger partial charge in [-0.2, -0.15) is 0 Å². The molecule has 0 saturated carbocycles. The van der Waals surface area contributed by atoms with Gasteiger partial charge in [-0.3, -0.25) is 9.78 Å². The summed E-state index contributed by atoms with van der Waals surface area (Å²) in [5, 5.41) is 3.08. The minimum atomic E-state index is -0.787. The summed E-state index contributed by atoms with van der Waals surface area (Å²) in [4.78, 5) is 17.6. The third-order valence-electron chi connectivity index (χ3n) is 4.97. The summed E-state index contributed by atoms with van der Waals surface area (Å²) in [6.45, 7) is 13.5. The van der Waals surface area contributed by atoms with E-state index in [0.717, 1.165) is 10.6 Å². The zero-order valence-electron chi connectivity index (χ0n) is 16.0. The quantitative estimate of drug-likeness (QED) is 0.342. The Morgan fingerprint density at radius 3 is 2.56 bits per heavy atom. The highest BCUT2D eigenvalue weighted by molar-refractivity contribution is 7.80. The van der Waals surface area contributed by atoms with Gasteiger partial charge in [0.15, 0.2) is 0 Å². The number of pyridine rings is 1. The standard InChI is InChI=1S/C19H29N2O2SSi/c1-12(17(24)14-9-7-8-10-20-14)16-15(18(22)21-16)13(19(2,3)4)11-23-25(5)6/h7-10,12-13,15-16H,11H2,1-6H3,(H,21,22)/t12-,13-,15+,16-/m1/s1. The third kappa shape index (κ3) is 4.74. The summed E-state index contributed by atoms with van der Waals surface area (Å²) in [7, 11) is -0.787. The highest BCUT2D eigenvalue weighted by atomic mass is 32.1. The van der Waals surface area contributed by atoms with Gasteiger partial charge in [-0.05, 0) is 36.6 Å². The van der Waals surface area contributed by atoms with Gasteiger partial charge in [0.25, 0.3) is 0 Å². The second kappa shape index (κ2) is 8.06. The molecule has 1 aliphatic heterocycles. The Bertz CT molecular complexity index is 616. The Kier molecular flexibility index (Phi) is 6.51. The summed E-state index contributed by atoms with van der Waals surface area (Å²) < 4.78 is 5.99. The first-order valence-electron chi connectivity index (χ1n) is 8.81. The number of β-lactam (4-membered cyclic amide) rings is 1. The topological polar surface area (TPSA) is 51.2 Å². The van der Waals surface area contributed by atoms with E-state index in [2.05, 4.69) is 51.1 Å². The Hall–Kier alpha value is -1.11. The maximum Gasteiger partial charge on any atom is 0.225 e. The van der Waals surface area contributed by atoms with E-state index < -0.39 is 9.04 Å². The number of hydrogen-bond donors (Lipinski definition) is 1. The molecule has 1 fully saturated rings. The molecule has 0 bridgehead atoms. The van der Waals surface area contributed by atoms with Crippen LogP contribution in [0.1, 0.15) is 33.4 Å². The Labute approximate surface area is 158 Å². The first-order chi connectivity index (χ1) is 11.6. The monoisotopic (exact) mass is 377 g/mol. The second-order valence-corrected chi connectivity index (χ2v) is 10.7. The number of hydrogen-bond acceptors (Lipinski definition) is 4. The number of carbonyl (C=O) groups is 1. The van der Waals surface area contributed by atoms with Crippen molar-refractivity contribution in [1.29, 1.82) is 0 Å². The van der Waals surface area contributed by atoms with Crippen LogP contribution in [0.25, 0.3) is 0 Å². The second-order valence-electron chi connectivity index (χ2n) is 8.12. The summed E-state index contributed by atoms with van der Waals surface area (Å²) in [5.41, 5.74) is 0.811. The molecule has 0 unspecified atom stereocenters. The Morgan fingerprint density at radius 1 is 1.40 bits per heavy atom. The zero-order valence-corrected chi connectivity index (χ0v) is 17.8. The van der Waals surface area contributed by atoms with Gasteiger partial charge in [-0.15, -0.1) is 0 Å². The van der Waals surface area contributed by atoms with Crippen molar-refractivity contribution in [3.8, 4) is 0 Å². The van der Waals surface area contributed by atoms with Crippen LogP contribution in [-0.4, -0.2) is 37.4 Å². The molecule has 25 heavy (non-hydrogen) atoms. The molecule has 0 spiro atoms. The molecule has 4 nitrogen and oxygen atoms in total. The summed E-state index contributed by atoms with van der Waals surface area (Å²) in [6.07, 6.45) is 1.75. The van der Waals surface area contributed by atoms with E-state index in [1.54, 1.807) is 6.20 Å². The van der Waals surface area contributed by atoms with Crippen molar-refractivity contribution in [1.82, 2.24) is 10.3 Å². The lowest BCUT2D eigenvalue weighted by Crippen LogP contribution is -2.66. The predicted molar refractivity (Wildman–Crippen MR) is 107 cm³/mol. The van der Waals surface area contributed by atoms with Gasteiger partial charge in [0.05, 0.1) is 11.6 Å². The summed E-state index contributed by atoms with van der Waals surface area (Å²) >= 11 is 5.66. The van der Waals surface area contributed by atoms with E-state index in [-0.39, 0.29) is 35.1 Å². The Balaban J connectivity index is 2.18. The van der Waals surface area contributed by atoms with Crippen molar-refractivity contribution in [3.63, 3.8) is 0 Å². The van der Waals surface area contributed by atoms with Crippen molar-refractivity contribution >= 4 is 32.0 Å². The number of rotatable bonds is 7. The molecule has 0 aliphatic carbocycles. The fraction of sp³-hybridized carbons (Fsp3) is 0.632. The highest BCUT2D eigenvalue weighted by Crippen LogP contribution is 2.40. The van der Waals surface area contributed by atoms with Gasteiger partial charge in [0, 0.05) is 29.6 Å². The van der Waals surface area contributed by atoms with Gasteiger partial charge in [-0.1, -0.05) is 46.0 Å². The fourth-order valence-corrected chi connectivity index (χ4v) is 4.12. The molecule has 1 radical (unpaired) electrons. The minimum Gasteiger partial charge on any atom is -0.417 e. The van der Waals surface area contributed by atoms with Crippen molar-refractivity contribution in [2.45, 2.75) is 46.8 Å². The van der Waals surface area contributed by atoms with Crippen LogP contribution in [0.15, 0.2) is 24.4 Å². The van der Waals surface area contributed by atoms with Crippen LogP contribution in [0.5, 0.6) is 0 Å². The van der Waals surface area contributed by atoms with Crippen LogP contribution in [0, 0.1) is 23.2 Å². The SMILES string of the molecule is C[C@@H](C(=S)c1ccccn1)[C@H]1NC(=O)[C@H]1[C@@H](CO[Si](C)C)C(C)(C)C. The molecule has 1 aliphatic rings. The lowest BCUT2D eigenvalue weighted by atomic mass is 9.65. The van der Waals surface area contributed by atoms with E-state index in [4.69, 9.17) is 16.6 Å². The molecule has 0 aromatic carbocycles. The minimum absolute atomic E-state index is 0.00959. The van der Waals surface area contributed by atoms with E-state index in [1.807, 2.05) is 18.2 Å². The average Bonchev–Trinajstić information content (AvgIpc) is 2.54. The van der Waals surface area contributed by atoms with Crippen LogP contribution in [0.2, 0.25) is 13.1 Å². The van der Waals surface area contributed by atoms with Crippen molar-refractivity contribution < 1.29 is 9.22 Å². The number of nitrogens with zero attached hydrogens (tertiary/aromatic N) is 1. The van der Waals surface area contributed by atoms with Gasteiger partial charge in [0.2, 0.25) is 14.9 Å². The lowest BCUT2D eigenvalue weighted by molar-refractivity contribution is -0.143. The van der Waals surface area contributed by atoms with Crippen molar-refractivity contribution in [2.75, 3.05) is 6.61 Å². The molecule has 1 aromatic rings. The molecule has 2 heterocycles. The largest absolute Gasteiger partial charge is 0.417 e. The number of nitrogens with one attached hydrogen (secondary N) is 1.